The minimum atomic E-state index is -0.587. The maximum Gasteiger partial charge on any atom is 0.373 e. The Morgan fingerprint density at radius 3 is 2.12 bits per heavy atom. The van der Waals surface area contributed by atoms with Gasteiger partial charge in [-0.2, -0.15) is 0 Å². The van der Waals surface area contributed by atoms with Crippen molar-refractivity contribution in [2.75, 3.05) is 28.4 Å². The average molecular weight is 346 g/mol. The van der Waals surface area contributed by atoms with Gasteiger partial charge in [-0.05, 0) is 36.4 Å². The molecule has 1 aromatic carbocycles. The molecule has 0 aliphatic rings. The van der Waals surface area contributed by atoms with Crippen molar-refractivity contribution < 1.29 is 33.0 Å². The van der Waals surface area contributed by atoms with Gasteiger partial charge < -0.3 is 23.4 Å². The van der Waals surface area contributed by atoms with E-state index in [1.165, 1.54) is 46.7 Å². The third kappa shape index (κ3) is 4.00. The van der Waals surface area contributed by atoms with E-state index in [1.807, 2.05) is 0 Å². The molecular weight excluding hydrogens is 328 g/mol. The van der Waals surface area contributed by atoms with E-state index in [0.29, 0.717) is 28.6 Å². The lowest BCUT2D eigenvalue weighted by molar-refractivity contribution is 0.0564. The summed E-state index contributed by atoms with van der Waals surface area (Å²) in [5.74, 6) is 0.683. The van der Waals surface area contributed by atoms with Gasteiger partial charge in [0, 0.05) is 5.56 Å². The van der Waals surface area contributed by atoms with Gasteiger partial charge in [-0.1, -0.05) is 0 Å². The highest BCUT2D eigenvalue weighted by molar-refractivity contribution is 6.07. The molecule has 0 spiro atoms. The van der Waals surface area contributed by atoms with Crippen LogP contribution in [0, 0.1) is 0 Å². The van der Waals surface area contributed by atoms with E-state index < -0.39 is 5.97 Å². The van der Waals surface area contributed by atoms with E-state index in [9.17, 15) is 9.59 Å². The maximum absolute atomic E-state index is 12.4. The summed E-state index contributed by atoms with van der Waals surface area (Å²) in [7, 11) is 5.68. The van der Waals surface area contributed by atoms with Crippen molar-refractivity contribution in [1.29, 1.82) is 0 Å². The molecule has 132 valence electrons. The third-order valence-corrected chi connectivity index (χ3v) is 3.36. The van der Waals surface area contributed by atoms with E-state index in [1.54, 1.807) is 18.2 Å². The van der Waals surface area contributed by atoms with Crippen molar-refractivity contribution in [2.24, 2.45) is 0 Å². The minimum absolute atomic E-state index is 0.0578. The van der Waals surface area contributed by atoms with Crippen molar-refractivity contribution in [3.05, 3.63) is 47.4 Å². The van der Waals surface area contributed by atoms with Gasteiger partial charge >= 0.3 is 5.97 Å². The fraction of sp³-hybridized carbons (Fsp3) is 0.222. The van der Waals surface area contributed by atoms with Gasteiger partial charge in [-0.25, -0.2) is 4.79 Å². The average Bonchev–Trinajstić information content (AvgIpc) is 3.13. The van der Waals surface area contributed by atoms with Gasteiger partial charge in [0.05, 0.1) is 28.4 Å². The van der Waals surface area contributed by atoms with Crippen molar-refractivity contribution >= 4 is 17.8 Å². The zero-order chi connectivity index (χ0) is 18.4. The normalized spacial score (nSPS) is 10.6. The lowest BCUT2D eigenvalue weighted by Gasteiger charge is -2.13. The largest absolute Gasteiger partial charge is 0.493 e. The first-order valence-electron chi connectivity index (χ1n) is 7.24. The second kappa shape index (κ2) is 8.05. The summed E-state index contributed by atoms with van der Waals surface area (Å²) in [6.45, 7) is 0. The second-order valence-electron chi connectivity index (χ2n) is 4.81. The molecule has 2 aromatic rings. The van der Waals surface area contributed by atoms with Crippen LogP contribution in [0.3, 0.4) is 0 Å². The standard InChI is InChI=1S/C18H18O7/c1-21-15-9-11(10-16(22-2)17(15)23-3)13(19)7-5-12-6-8-14(25-12)18(20)24-4/h5-10H,1-4H3. The number of hydrogen-bond acceptors (Lipinski definition) is 7. The predicted octanol–water partition coefficient (Wildman–Crippen LogP) is 2.99. The number of carbonyl (C=O) groups is 2. The van der Waals surface area contributed by atoms with E-state index >= 15 is 0 Å². The molecule has 0 unspecified atom stereocenters. The predicted molar refractivity (Wildman–Crippen MR) is 89.5 cm³/mol. The highest BCUT2D eigenvalue weighted by atomic mass is 16.5. The van der Waals surface area contributed by atoms with E-state index in [-0.39, 0.29) is 11.5 Å². The van der Waals surface area contributed by atoms with Gasteiger partial charge in [-0.15, -0.1) is 0 Å². The number of hydrogen-bond donors (Lipinski definition) is 0. The molecule has 0 aliphatic carbocycles. The third-order valence-electron chi connectivity index (χ3n) is 3.36. The van der Waals surface area contributed by atoms with Gasteiger partial charge in [0.2, 0.25) is 11.5 Å². The Hall–Kier alpha value is -3.22. The molecule has 0 fully saturated rings. The quantitative estimate of drug-likeness (QED) is 0.433. The zero-order valence-corrected chi connectivity index (χ0v) is 14.3. The van der Waals surface area contributed by atoms with Crippen LogP contribution < -0.4 is 14.2 Å². The Morgan fingerprint density at radius 1 is 0.960 bits per heavy atom. The van der Waals surface area contributed by atoms with Crippen LogP contribution in [0.5, 0.6) is 17.2 Å². The number of furan rings is 1. The first kappa shape index (κ1) is 18.1. The van der Waals surface area contributed by atoms with Crippen LogP contribution in [-0.4, -0.2) is 40.2 Å². The van der Waals surface area contributed by atoms with Gasteiger partial charge in [-0.3, -0.25) is 4.79 Å². The number of methoxy groups -OCH3 is 4. The van der Waals surface area contributed by atoms with Crippen LogP contribution in [0.15, 0.2) is 34.8 Å². The van der Waals surface area contributed by atoms with E-state index in [2.05, 4.69) is 4.74 Å². The van der Waals surface area contributed by atoms with E-state index in [4.69, 9.17) is 18.6 Å². The number of ether oxygens (including phenoxy) is 4. The molecule has 0 bridgehead atoms. The second-order valence-corrected chi connectivity index (χ2v) is 4.81. The molecule has 1 aromatic heterocycles. The Labute approximate surface area is 144 Å². The number of rotatable bonds is 7. The molecule has 7 heteroatoms. The summed E-state index contributed by atoms with van der Waals surface area (Å²) < 4.78 is 25.5. The van der Waals surface area contributed by atoms with Gasteiger partial charge in [0.1, 0.15) is 5.76 Å². The van der Waals surface area contributed by atoms with Crippen LogP contribution in [0.4, 0.5) is 0 Å². The van der Waals surface area contributed by atoms with Crippen LogP contribution in [-0.2, 0) is 4.74 Å². The summed E-state index contributed by atoms with van der Waals surface area (Å²) in [5.41, 5.74) is 0.352. The first-order chi connectivity index (χ1) is 12.0. The molecule has 0 aliphatic heterocycles. The summed E-state index contributed by atoms with van der Waals surface area (Å²) in [5, 5.41) is 0. The summed E-state index contributed by atoms with van der Waals surface area (Å²) in [4.78, 5) is 23.7. The van der Waals surface area contributed by atoms with Crippen molar-refractivity contribution in [1.82, 2.24) is 0 Å². The summed E-state index contributed by atoms with van der Waals surface area (Å²) in [6.07, 6.45) is 2.78. The maximum atomic E-state index is 12.4. The highest BCUT2D eigenvalue weighted by Gasteiger charge is 2.16. The highest BCUT2D eigenvalue weighted by Crippen LogP contribution is 2.38. The SMILES string of the molecule is COC(=O)c1ccc(C=CC(=O)c2cc(OC)c(OC)c(OC)c2)o1. The number of allylic oxidation sites excluding steroid dienone is 1. The molecule has 0 saturated carbocycles. The van der Waals surface area contributed by atoms with Crippen LogP contribution in [0.25, 0.3) is 6.08 Å². The number of carbonyl (C=O) groups excluding carboxylic acids is 2. The molecule has 25 heavy (non-hydrogen) atoms. The number of esters is 1. The van der Waals surface area contributed by atoms with Crippen molar-refractivity contribution in [3.63, 3.8) is 0 Å². The Bertz CT molecular complexity index is 777. The van der Waals surface area contributed by atoms with Crippen LogP contribution in [0.1, 0.15) is 26.7 Å². The fourth-order valence-corrected chi connectivity index (χ4v) is 2.13. The zero-order valence-electron chi connectivity index (χ0n) is 14.3. The van der Waals surface area contributed by atoms with Gasteiger partial charge in [0.15, 0.2) is 17.3 Å². The molecule has 2 rings (SSSR count). The smallest absolute Gasteiger partial charge is 0.373 e. The molecule has 0 radical (unpaired) electrons. The van der Waals surface area contributed by atoms with Crippen molar-refractivity contribution in [3.8, 4) is 17.2 Å². The van der Waals surface area contributed by atoms with Crippen LogP contribution in [0.2, 0.25) is 0 Å². The lowest BCUT2D eigenvalue weighted by atomic mass is 10.1. The molecule has 1 heterocycles. The molecule has 0 amide bonds. The summed E-state index contributed by atoms with van der Waals surface area (Å²) in [6, 6.07) is 6.13. The molecule has 7 nitrogen and oxygen atoms in total. The number of benzene rings is 1. The van der Waals surface area contributed by atoms with Gasteiger partial charge in [0.25, 0.3) is 0 Å². The Balaban J connectivity index is 2.25. The minimum Gasteiger partial charge on any atom is -0.493 e. The molecular formula is C18H18O7. The van der Waals surface area contributed by atoms with Crippen LogP contribution >= 0.6 is 0 Å². The number of ketones is 1. The molecule has 0 saturated heterocycles. The molecule has 0 atom stereocenters. The topological polar surface area (TPSA) is 84.2 Å². The first-order valence-corrected chi connectivity index (χ1v) is 7.24. The fourth-order valence-electron chi connectivity index (χ4n) is 2.13. The monoisotopic (exact) mass is 346 g/mol. The molecule has 0 N–H and O–H groups in total. The van der Waals surface area contributed by atoms with Crippen molar-refractivity contribution in [2.45, 2.75) is 0 Å². The summed E-state index contributed by atoms with van der Waals surface area (Å²) >= 11 is 0. The Morgan fingerprint density at radius 2 is 1.60 bits per heavy atom. The lowest BCUT2D eigenvalue weighted by Crippen LogP contribution is -2.00. The Kier molecular flexibility index (Phi) is 5.84. The van der Waals surface area contributed by atoms with E-state index in [0.717, 1.165) is 0 Å².